The molecule has 0 fully saturated rings. The van der Waals surface area contributed by atoms with Crippen LogP contribution < -0.4 is 9.79 Å². The lowest BCUT2D eigenvalue weighted by Gasteiger charge is -2.14. The van der Waals surface area contributed by atoms with Crippen LogP contribution in [0.1, 0.15) is 26.7 Å². The molecule has 0 saturated carbocycles. The van der Waals surface area contributed by atoms with Gasteiger partial charge in [0.2, 0.25) is 0 Å². The van der Waals surface area contributed by atoms with Crippen LogP contribution in [0.3, 0.4) is 0 Å². The molecule has 0 aliphatic heterocycles. The van der Waals surface area contributed by atoms with Gasteiger partial charge in [0.15, 0.2) is 0 Å². The molecule has 0 bridgehead atoms. The first kappa shape index (κ1) is 22.0. The Kier molecular flexibility index (Phi) is 11.4. The number of ether oxygens (including phenoxy) is 1. The molecule has 0 rings (SSSR count). The van der Waals surface area contributed by atoms with Crippen LogP contribution in [0.5, 0.6) is 0 Å². The SMILES string of the molecule is CCC(CC)OCCOS(=O)(=O)C(F)(F)F.O=[P+]([O-])[O-]. The molecule has 7 nitrogen and oxygen atoms in total. The van der Waals surface area contributed by atoms with Gasteiger partial charge in [0.1, 0.15) is 0 Å². The molecule has 0 aromatic heterocycles. The van der Waals surface area contributed by atoms with Crippen molar-refractivity contribution in [3.05, 3.63) is 0 Å². The Balaban J connectivity index is 0. The molecule has 0 aliphatic carbocycles. The van der Waals surface area contributed by atoms with Crippen molar-refractivity contribution in [3.8, 4) is 0 Å². The van der Waals surface area contributed by atoms with Gasteiger partial charge < -0.3 is 14.5 Å². The summed E-state index contributed by atoms with van der Waals surface area (Å²) in [4.78, 5) is 17.0. The van der Waals surface area contributed by atoms with E-state index in [9.17, 15) is 21.6 Å². The zero-order valence-corrected chi connectivity index (χ0v) is 12.5. The van der Waals surface area contributed by atoms with Crippen molar-refractivity contribution in [1.29, 1.82) is 0 Å². The Bertz CT molecular complexity index is 363. The minimum atomic E-state index is -5.49. The number of alkyl halides is 3. The van der Waals surface area contributed by atoms with Crippen molar-refractivity contribution in [3.63, 3.8) is 0 Å². The molecule has 0 atom stereocenters. The molecule has 0 heterocycles. The van der Waals surface area contributed by atoms with Gasteiger partial charge in [-0.25, -0.2) is 0 Å². The summed E-state index contributed by atoms with van der Waals surface area (Å²) in [7, 11) is -8.86. The number of hydrogen-bond donors (Lipinski definition) is 0. The Morgan fingerprint density at radius 3 is 1.85 bits per heavy atom. The highest BCUT2D eigenvalue weighted by molar-refractivity contribution is 7.87. The smallest absolute Gasteiger partial charge is 0.523 e. The maximum atomic E-state index is 11.8. The highest BCUT2D eigenvalue weighted by Gasteiger charge is 2.47. The van der Waals surface area contributed by atoms with Crippen LogP contribution in [0.15, 0.2) is 0 Å². The molecule has 0 unspecified atom stereocenters. The Morgan fingerprint density at radius 1 is 1.15 bits per heavy atom. The van der Waals surface area contributed by atoms with Crippen LogP contribution in [0.2, 0.25) is 0 Å². The standard InChI is InChI=1S/C8H15F3O4S.HO3P/c1-3-7(4-2)14-5-6-15-16(12,13)8(9,10)11;1-4(2)3/h7H,3-6H2,1-2H3;(H,1,2,3)/p-1. The number of halogens is 3. The second-order valence-electron chi connectivity index (χ2n) is 3.25. The van der Waals surface area contributed by atoms with Crippen molar-refractivity contribution >= 4 is 18.4 Å². The highest BCUT2D eigenvalue weighted by atomic mass is 32.2. The van der Waals surface area contributed by atoms with Gasteiger partial charge in [-0.1, -0.05) is 18.4 Å². The molecule has 0 aromatic carbocycles. The second kappa shape index (κ2) is 10.4. The lowest BCUT2D eigenvalue weighted by molar-refractivity contribution is -0.297. The van der Waals surface area contributed by atoms with Gasteiger partial charge in [-0.15, -0.1) is 0 Å². The van der Waals surface area contributed by atoms with E-state index >= 15 is 0 Å². The van der Waals surface area contributed by atoms with E-state index in [-0.39, 0.29) is 12.7 Å². The molecule has 0 aliphatic rings. The summed E-state index contributed by atoms with van der Waals surface area (Å²) in [5.74, 6) is 0. The average molecular weight is 343 g/mol. The summed E-state index contributed by atoms with van der Waals surface area (Å²) in [5.41, 5.74) is -5.37. The molecule has 0 N–H and O–H groups in total. The summed E-state index contributed by atoms with van der Waals surface area (Å²) in [6.45, 7) is 2.92. The van der Waals surface area contributed by atoms with E-state index in [2.05, 4.69) is 4.18 Å². The van der Waals surface area contributed by atoms with Crippen molar-refractivity contribution in [2.24, 2.45) is 0 Å². The number of rotatable bonds is 7. The first-order valence-electron chi connectivity index (χ1n) is 5.36. The van der Waals surface area contributed by atoms with Gasteiger partial charge in [0.25, 0.3) is 8.25 Å². The minimum absolute atomic E-state index is 0.0859. The van der Waals surface area contributed by atoms with Gasteiger partial charge in [0, 0.05) is 0 Å². The monoisotopic (exact) mass is 343 g/mol. The first-order valence-corrected chi connectivity index (χ1v) is 7.87. The Morgan fingerprint density at radius 2 is 1.55 bits per heavy atom. The summed E-state index contributed by atoms with van der Waals surface area (Å²) in [6.07, 6.45) is 1.34. The fourth-order valence-electron chi connectivity index (χ4n) is 0.950. The summed E-state index contributed by atoms with van der Waals surface area (Å²) in [6, 6.07) is 0. The third-order valence-electron chi connectivity index (χ3n) is 1.87. The van der Waals surface area contributed by atoms with Crippen molar-refractivity contribution in [2.45, 2.75) is 38.3 Å². The van der Waals surface area contributed by atoms with Crippen LogP contribution in [0, 0.1) is 0 Å². The largest absolute Gasteiger partial charge is 0.598 e. The van der Waals surface area contributed by atoms with Gasteiger partial charge in [-0.05, 0) is 12.8 Å². The van der Waals surface area contributed by atoms with E-state index < -0.39 is 30.5 Å². The summed E-state index contributed by atoms with van der Waals surface area (Å²) >= 11 is 0. The van der Waals surface area contributed by atoms with Crippen LogP contribution in [0.25, 0.3) is 0 Å². The molecule has 0 radical (unpaired) electrons. The average Bonchev–Trinajstić information content (AvgIpc) is 2.27. The van der Waals surface area contributed by atoms with E-state index in [0.717, 1.165) is 0 Å². The molecular formula is C8H15F3O7PS-. The summed E-state index contributed by atoms with van der Waals surface area (Å²) < 4.78 is 73.6. The maximum absolute atomic E-state index is 11.8. The first-order chi connectivity index (χ1) is 8.97. The lowest BCUT2D eigenvalue weighted by Crippen LogP contribution is -2.27. The molecule has 0 amide bonds. The predicted octanol–water partition coefficient (Wildman–Crippen LogP) is 0.422. The number of hydrogen-bond acceptors (Lipinski definition) is 7. The normalized spacial score (nSPS) is 12.0. The quantitative estimate of drug-likeness (QED) is 0.285. The molecule has 0 spiro atoms. The van der Waals surface area contributed by atoms with Crippen LogP contribution in [0.4, 0.5) is 13.2 Å². The van der Waals surface area contributed by atoms with E-state index in [0.29, 0.717) is 12.8 Å². The minimum Gasteiger partial charge on any atom is -0.598 e. The molecule has 12 heteroatoms. The molecular weight excluding hydrogens is 328 g/mol. The van der Waals surface area contributed by atoms with Crippen LogP contribution in [-0.4, -0.2) is 33.2 Å². The van der Waals surface area contributed by atoms with Crippen LogP contribution in [-0.2, 0) is 23.6 Å². The van der Waals surface area contributed by atoms with Gasteiger partial charge in [-0.3, -0.25) is 4.18 Å². The topological polar surface area (TPSA) is 116 Å². The third-order valence-corrected chi connectivity index (χ3v) is 2.91. The fourth-order valence-corrected chi connectivity index (χ4v) is 1.37. The Hall–Kier alpha value is -0.320. The molecule has 0 aromatic rings. The Labute approximate surface area is 115 Å². The van der Waals surface area contributed by atoms with E-state index in [1.807, 2.05) is 13.8 Å². The van der Waals surface area contributed by atoms with E-state index in [1.54, 1.807) is 0 Å². The highest BCUT2D eigenvalue weighted by Crippen LogP contribution is 2.24. The van der Waals surface area contributed by atoms with Crippen molar-refractivity contribution in [2.75, 3.05) is 13.2 Å². The molecule has 122 valence electrons. The zero-order chi connectivity index (χ0) is 16.4. The fraction of sp³-hybridized carbons (Fsp3) is 1.00. The van der Waals surface area contributed by atoms with Crippen LogP contribution >= 0.6 is 8.25 Å². The molecule has 20 heavy (non-hydrogen) atoms. The second-order valence-corrected chi connectivity index (χ2v) is 5.31. The predicted molar refractivity (Wildman–Crippen MR) is 58.9 cm³/mol. The van der Waals surface area contributed by atoms with Crippen molar-refractivity contribution in [1.82, 2.24) is 0 Å². The maximum Gasteiger partial charge on any atom is 0.523 e. The van der Waals surface area contributed by atoms with Gasteiger partial charge in [0.05, 0.1) is 19.3 Å². The lowest BCUT2D eigenvalue weighted by atomic mass is 10.2. The molecule has 0 saturated heterocycles. The van der Waals surface area contributed by atoms with Gasteiger partial charge >= 0.3 is 15.6 Å². The van der Waals surface area contributed by atoms with E-state index in [1.165, 1.54) is 0 Å². The third kappa shape index (κ3) is 11.5. The zero-order valence-electron chi connectivity index (χ0n) is 10.8. The van der Waals surface area contributed by atoms with Crippen molar-refractivity contribution < 1.29 is 44.9 Å². The summed E-state index contributed by atoms with van der Waals surface area (Å²) in [5, 5.41) is 0. The van der Waals surface area contributed by atoms with E-state index in [4.69, 9.17) is 19.1 Å². The van der Waals surface area contributed by atoms with Gasteiger partial charge in [-0.2, -0.15) is 21.6 Å².